The predicted octanol–water partition coefficient (Wildman–Crippen LogP) is 5.00. The fourth-order valence-electron chi connectivity index (χ4n) is 3.29. The second-order valence-corrected chi connectivity index (χ2v) is 7.72. The van der Waals surface area contributed by atoms with E-state index in [4.69, 9.17) is 9.47 Å². The van der Waals surface area contributed by atoms with Gasteiger partial charge in [0.25, 0.3) is 5.91 Å². The lowest BCUT2D eigenvalue weighted by Gasteiger charge is -2.12. The van der Waals surface area contributed by atoms with Crippen molar-refractivity contribution in [3.8, 4) is 11.5 Å². The van der Waals surface area contributed by atoms with Crippen LogP contribution in [0.25, 0.3) is 0 Å². The van der Waals surface area contributed by atoms with Crippen LogP contribution in [0.2, 0.25) is 0 Å². The van der Waals surface area contributed by atoms with Crippen molar-refractivity contribution in [2.45, 2.75) is 13.8 Å². The highest BCUT2D eigenvalue weighted by Crippen LogP contribution is 2.26. The zero-order valence-corrected chi connectivity index (χ0v) is 19.7. The lowest BCUT2D eigenvalue weighted by atomic mass is 10.2. The summed E-state index contributed by atoms with van der Waals surface area (Å²) in [6.07, 6.45) is 1.75. The van der Waals surface area contributed by atoms with Crippen LogP contribution >= 0.6 is 0 Å². The molecule has 1 amide bonds. The van der Waals surface area contributed by atoms with E-state index in [-0.39, 0.29) is 12.5 Å². The van der Waals surface area contributed by atoms with Crippen molar-refractivity contribution in [3.05, 3.63) is 84.3 Å². The van der Waals surface area contributed by atoms with E-state index in [9.17, 15) is 4.79 Å². The number of aryl methyl sites for hydroxylation is 2. The molecule has 2 heterocycles. The Morgan fingerprint density at radius 2 is 1.51 bits per heavy atom. The third-order valence-corrected chi connectivity index (χ3v) is 4.88. The summed E-state index contributed by atoms with van der Waals surface area (Å²) in [6, 6.07) is 20.2. The van der Waals surface area contributed by atoms with E-state index in [0.717, 1.165) is 11.3 Å². The van der Waals surface area contributed by atoms with Gasteiger partial charge in [0.05, 0.1) is 7.11 Å². The summed E-state index contributed by atoms with van der Waals surface area (Å²) < 4.78 is 10.8. The standard InChI is InChI=1S/C26H26N6O3/c1-17-12-13-27-23(14-17)32-25-15-24(28-18(2)29-25)30-19-8-10-20(11-9-19)31-26(33)16-35-22-7-5-4-6-21(22)34-3/h4-15H,16H2,1-3H3,(H,31,33)(H2,27,28,29,30,32). The summed E-state index contributed by atoms with van der Waals surface area (Å²) >= 11 is 0. The number of para-hydroxylation sites is 2. The summed E-state index contributed by atoms with van der Waals surface area (Å²) in [7, 11) is 1.55. The molecular formula is C26H26N6O3. The van der Waals surface area contributed by atoms with E-state index in [0.29, 0.717) is 40.5 Å². The smallest absolute Gasteiger partial charge is 0.262 e. The fourth-order valence-corrected chi connectivity index (χ4v) is 3.29. The molecule has 0 aliphatic carbocycles. The largest absolute Gasteiger partial charge is 0.493 e. The molecule has 178 valence electrons. The number of anilines is 5. The minimum absolute atomic E-state index is 0.133. The van der Waals surface area contributed by atoms with Gasteiger partial charge < -0.3 is 25.4 Å². The Hall–Kier alpha value is -4.66. The Bertz CT molecular complexity index is 1310. The van der Waals surface area contributed by atoms with Crippen LogP contribution in [0.15, 0.2) is 72.9 Å². The van der Waals surface area contributed by atoms with Crippen LogP contribution in [0.5, 0.6) is 11.5 Å². The van der Waals surface area contributed by atoms with Crippen molar-refractivity contribution in [2.24, 2.45) is 0 Å². The van der Waals surface area contributed by atoms with Crippen molar-refractivity contribution in [1.82, 2.24) is 15.0 Å². The van der Waals surface area contributed by atoms with Gasteiger partial charge in [0, 0.05) is 23.6 Å². The number of nitrogens with zero attached hydrogens (tertiary/aromatic N) is 3. The summed E-state index contributed by atoms with van der Waals surface area (Å²) in [5.74, 6) is 3.41. The van der Waals surface area contributed by atoms with Crippen LogP contribution < -0.4 is 25.4 Å². The van der Waals surface area contributed by atoms with Gasteiger partial charge in [-0.05, 0) is 67.9 Å². The van der Waals surface area contributed by atoms with Gasteiger partial charge in [-0.3, -0.25) is 4.79 Å². The molecule has 2 aromatic carbocycles. The van der Waals surface area contributed by atoms with E-state index >= 15 is 0 Å². The number of hydrogen-bond donors (Lipinski definition) is 3. The number of pyridine rings is 1. The normalized spacial score (nSPS) is 10.4. The van der Waals surface area contributed by atoms with Gasteiger partial charge in [0.15, 0.2) is 18.1 Å². The third-order valence-electron chi connectivity index (χ3n) is 4.88. The average Bonchev–Trinajstić information content (AvgIpc) is 2.84. The molecule has 35 heavy (non-hydrogen) atoms. The summed E-state index contributed by atoms with van der Waals surface area (Å²) in [5, 5.41) is 9.28. The minimum Gasteiger partial charge on any atom is -0.493 e. The van der Waals surface area contributed by atoms with Crippen molar-refractivity contribution < 1.29 is 14.3 Å². The Morgan fingerprint density at radius 3 is 2.23 bits per heavy atom. The molecule has 4 aromatic rings. The van der Waals surface area contributed by atoms with Gasteiger partial charge in [0.1, 0.15) is 23.3 Å². The number of hydrogen-bond acceptors (Lipinski definition) is 8. The lowest BCUT2D eigenvalue weighted by Crippen LogP contribution is -2.20. The highest BCUT2D eigenvalue weighted by molar-refractivity contribution is 5.92. The molecule has 9 nitrogen and oxygen atoms in total. The molecule has 0 bridgehead atoms. The monoisotopic (exact) mass is 470 g/mol. The number of ether oxygens (including phenoxy) is 2. The number of benzene rings is 2. The van der Waals surface area contributed by atoms with E-state index in [1.165, 1.54) is 0 Å². The van der Waals surface area contributed by atoms with Gasteiger partial charge >= 0.3 is 0 Å². The van der Waals surface area contributed by atoms with Gasteiger partial charge in [-0.25, -0.2) is 15.0 Å². The maximum Gasteiger partial charge on any atom is 0.262 e. The molecular weight excluding hydrogens is 444 g/mol. The molecule has 0 aliphatic heterocycles. The molecule has 3 N–H and O–H groups in total. The Balaban J connectivity index is 1.35. The Kier molecular flexibility index (Phi) is 7.37. The van der Waals surface area contributed by atoms with E-state index in [1.807, 2.05) is 56.3 Å². The van der Waals surface area contributed by atoms with Gasteiger partial charge in [-0.1, -0.05) is 12.1 Å². The number of nitrogens with one attached hydrogen (secondary N) is 3. The maximum absolute atomic E-state index is 12.3. The highest BCUT2D eigenvalue weighted by atomic mass is 16.5. The van der Waals surface area contributed by atoms with E-state index in [2.05, 4.69) is 30.9 Å². The fraction of sp³-hybridized carbons (Fsp3) is 0.154. The number of methoxy groups -OCH3 is 1. The van der Waals surface area contributed by atoms with Crippen LogP contribution in [-0.2, 0) is 4.79 Å². The van der Waals surface area contributed by atoms with Crippen LogP contribution in [0.3, 0.4) is 0 Å². The minimum atomic E-state index is -0.275. The number of carbonyl (C=O) groups excluding carboxylic acids is 1. The molecule has 0 saturated heterocycles. The highest BCUT2D eigenvalue weighted by Gasteiger charge is 2.08. The second-order valence-electron chi connectivity index (χ2n) is 7.72. The van der Waals surface area contributed by atoms with Crippen LogP contribution in [-0.4, -0.2) is 34.6 Å². The van der Waals surface area contributed by atoms with Crippen LogP contribution in [0.1, 0.15) is 11.4 Å². The topological polar surface area (TPSA) is 110 Å². The molecule has 4 rings (SSSR count). The molecule has 0 unspecified atom stereocenters. The zero-order chi connectivity index (χ0) is 24.6. The Labute approximate surface area is 203 Å². The Morgan fingerprint density at radius 1 is 0.829 bits per heavy atom. The number of rotatable bonds is 9. The van der Waals surface area contributed by atoms with Crippen molar-refractivity contribution in [3.63, 3.8) is 0 Å². The molecule has 0 atom stereocenters. The second kappa shape index (κ2) is 11.0. The quantitative estimate of drug-likeness (QED) is 0.313. The predicted molar refractivity (Wildman–Crippen MR) is 136 cm³/mol. The first kappa shape index (κ1) is 23.5. The zero-order valence-electron chi connectivity index (χ0n) is 19.7. The maximum atomic E-state index is 12.3. The van der Waals surface area contributed by atoms with Gasteiger partial charge in [-0.15, -0.1) is 0 Å². The molecule has 0 spiro atoms. The van der Waals surface area contributed by atoms with E-state index < -0.39 is 0 Å². The lowest BCUT2D eigenvalue weighted by molar-refractivity contribution is -0.118. The summed E-state index contributed by atoms with van der Waals surface area (Å²) in [5.41, 5.74) is 2.56. The molecule has 0 saturated carbocycles. The molecule has 0 aliphatic rings. The van der Waals surface area contributed by atoms with Gasteiger partial charge in [0.2, 0.25) is 0 Å². The SMILES string of the molecule is COc1ccccc1OCC(=O)Nc1ccc(Nc2cc(Nc3cc(C)ccn3)nc(C)n2)cc1. The van der Waals surface area contributed by atoms with Crippen molar-refractivity contribution in [1.29, 1.82) is 0 Å². The number of aromatic nitrogens is 3. The molecule has 9 heteroatoms. The first-order chi connectivity index (χ1) is 17.0. The summed E-state index contributed by atoms with van der Waals surface area (Å²) in [6.45, 7) is 3.70. The van der Waals surface area contributed by atoms with Crippen molar-refractivity contribution in [2.75, 3.05) is 29.7 Å². The van der Waals surface area contributed by atoms with Gasteiger partial charge in [-0.2, -0.15) is 0 Å². The number of carbonyl (C=O) groups is 1. The first-order valence-electron chi connectivity index (χ1n) is 11.0. The molecule has 2 aromatic heterocycles. The van der Waals surface area contributed by atoms with Crippen LogP contribution in [0.4, 0.5) is 28.8 Å². The first-order valence-corrected chi connectivity index (χ1v) is 11.0. The summed E-state index contributed by atoms with van der Waals surface area (Å²) in [4.78, 5) is 25.5. The third kappa shape index (κ3) is 6.67. The molecule has 0 radical (unpaired) electrons. The number of amides is 1. The van der Waals surface area contributed by atoms with Crippen molar-refractivity contribution >= 4 is 34.7 Å². The van der Waals surface area contributed by atoms with Crippen LogP contribution in [0, 0.1) is 13.8 Å². The van der Waals surface area contributed by atoms with E-state index in [1.54, 1.807) is 37.6 Å². The molecule has 0 fully saturated rings. The average molecular weight is 471 g/mol.